The summed E-state index contributed by atoms with van der Waals surface area (Å²) in [5.74, 6) is 0.543. The first-order chi connectivity index (χ1) is 12.3. The van der Waals surface area contributed by atoms with Gasteiger partial charge in [0.2, 0.25) is 12.2 Å². The van der Waals surface area contributed by atoms with Crippen LogP contribution in [-0.2, 0) is 17.8 Å². The van der Waals surface area contributed by atoms with E-state index in [0.29, 0.717) is 12.3 Å². The van der Waals surface area contributed by atoms with Crippen molar-refractivity contribution in [1.29, 1.82) is 0 Å². The van der Waals surface area contributed by atoms with E-state index in [4.69, 9.17) is 0 Å². The minimum atomic E-state index is 0.155. The van der Waals surface area contributed by atoms with E-state index in [2.05, 4.69) is 28.3 Å². The molecule has 0 atom stereocenters. The Labute approximate surface area is 150 Å². The number of rotatable bonds is 4. The number of nitrogens with one attached hydrogen (secondary N) is 1. The SMILES string of the molecule is O=C(CSc1nc[nH][n+]1-c1ccccc1)N1CCc2ccccc2C1. The summed E-state index contributed by atoms with van der Waals surface area (Å²) in [6, 6.07) is 18.3. The van der Waals surface area contributed by atoms with Crippen LogP contribution in [-0.4, -0.2) is 33.2 Å². The van der Waals surface area contributed by atoms with Crippen molar-refractivity contribution in [2.75, 3.05) is 12.3 Å². The molecule has 0 fully saturated rings. The van der Waals surface area contributed by atoms with Gasteiger partial charge >= 0.3 is 5.16 Å². The minimum absolute atomic E-state index is 0.155. The molecule has 0 unspecified atom stereocenters. The fourth-order valence-corrected chi connectivity index (χ4v) is 3.89. The topological polar surface area (TPSA) is 52.9 Å². The molecule has 1 aliphatic heterocycles. The summed E-state index contributed by atoms with van der Waals surface area (Å²) in [4.78, 5) is 18.9. The molecule has 1 aromatic heterocycles. The van der Waals surface area contributed by atoms with Crippen LogP contribution in [0, 0.1) is 0 Å². The standard InChI is InChI=1S/C19H18N4OS/c24-18(22-11-10-15-6-4-5-7-16(15)12-22)13-25-19-20-14-21-23(19)17-8-2-1-3-9-17/h1-9,14H,10-13H2/p+1. The zero-order valence-electron chi connectivity index (χ0n) is 13.8. The van der Waals surface area contributed by atoms with Crippen LogP contribution < -0.4 is 4.68 Å². The average Bonchev–Trinajstić information content (AvgIpc) is 3.15. The summed E-state index contributed by atoms with van der Waals surface area (Å²) in [5, 5.41) is 3.89. The molecule has 25 heavy (non-hydrogen) atoms. The second-order valence-electron chi connectivity index (χ2n) is 5.96. The maximum absolute atomic E-state index is 12.6. The Balaban J connectivity index is 1.41. The van der Waals surface area contributed by atoms with Crippen molar-refractivity contribution in [2.24, 2.45) is 0 Å². The van der Waals surface area contributed by atoms with Crippen LogP contribution in [0.25, 0.3) is 5.69 Å². The van der Waals surface area contributed by atoms with Gasteiger partial charge in [-0.3, -0.25) is 4.79 Å². The molecule has 0 bridgehead atoms. The zero-order chi connectivity index (χ0) is 17.1. The van der Waals surface area contributed by atoms with Gasteiger partial charge in [-0.2, -0.15) is 5.10 Å². The molecule has 6 heteroatoms. The lowest BCUT2D eigenvalue weighted by Gasteiger charge is -2.28. The van der Waals surface area contributed by atoms with E-state index < -0.39 is 0 Å². The number of benzene rings is 2. The molecule has 0 radical (unpaired) electrons. The molecular weight excluding hydrogens is 332 g/mol. The largest absolute Gasteiger partial charge is 0.385 e. The Morgan fingerprint density at radius 2 is 1.88 bits per heavy atom. The highest BCUT2D eigenvalue weighted by molar-refractivity contribution is 7.99. The molecule has 126 valence electrons. The maximum Gasteiger partial charge on any atom is 0.385 e. The summed E-state index contributed by atoms with van der Waals surface area (Å²) in [6.45, 7) is 1.49. The van der Waals surface area contributed by atoms with Gasteiger partial charge in [0.05, 0.1) is 5.75 Å². The number of H-pyrrole nitrogens is 1. The van der Waals surface area contributed by atoms with Crippen molar-refractivity contribution in [3.8, 4) is 5.69 Å². The number of aromatic amines is 1. The Bertz CT molecular complexity index is 878. The van der Waals surface area contributed by atoms with E-state index in [1.807, 2.05) is 46.0 Å². The number of fused-ring (bicyclic) bond motifs is 1. The Morgan fingerprint density at radius 1 is 1.12 bits per heavy atom. The van der Waals surface area contributed by atoms with Crippen molar-refractivity contribution in [1.82, 2.24) is 15.0 Å². The van der Waals surface area contributed by atoms with Gasteiger partial charge < -0.3 is 4.90 Å². The molecule has 0 spiro atoms. The lowest BCUT2D eigenvalue weighted by atomic mass is 10.00. The van der Waals surface area contributed by atoms with E-state index in [1.165, 1.54) is 22.9 Å². The lowest BCUT2D eigenvalue weighted by molar-refractivity contribution is -0.694. The first kappa shape index (κ1) is 15.9. The molecular formula is C19H19N4OS+. The monoisotopic (exact) mass is 351 g/mol. The van der Waals surface area contributed by atoms with Gasteiger partial charge in [-0.15, -0.1) is 4.68 Å². The summed E-state index contributed by atoms with van der Waals surface area (Å²) in [6.07, 6.45) is 2.58. The van der Waals surface area contributed by atoms with Crippen LogP contribution in [0.4, 0.5) is 0 Å². The number of amides is 1. The Hall–Kier alpha value is -2.60. The number of para-hydroxylation sites is 1. The highest BCUT2D eigenvalue weighted by atomic mass is 32.2. The predicted molar refractivity (Wildman–Crippen MR) is 96.4 cm³/mol. The van der Waals surface area contributed by atoms with Crippen LogP contribution in [0.5, 0.6) is 0 Å². The molecule has 2 heterocycles. The maximum atomic E-state index is 12.6. The molecule has 2 aromatic carbocycles. The number of aromatic nitrogens is 3. The summed E-state index contributed by atoms with van der Waals surface area (Å²) in [7, 11) is 0. The highest BCUT2D eigenvalue weighted by Gasteiger charge is 2.23. The Kier molecular flexibility index (Phi) is 4.52. The number of hydrogen-bond acceptors (Lipinski definition) is 3. The van der Waals surface area contributed by atoms with Crippen molar-refractivity contribution in [3.63, 3.8) is 0 Å². The molecule has 5 nitrogen and oxygen atoms in total. The van der Waals surface area contributed by atoms with Gasteiger partial charge in [-0.1, -0.05) is 42.5 Å². The smallest absolute Gasteiger partial charge is 0.337 e. The van der Waals surface area contributed by atoms with Gasteiger partial charge in [-0.05, 0) is 46.4 Å². The molecule has 1 aliphatic rings. The van der Waals surface area contributed by atoms with E-state index in [-0.39, 0.29) is 5.91 Å². The number of hydrogen-bond donors (Lipinski definition) is 1. The number of carbonyl (C=O) groups is 1. The van der Waals surface area contributed by atoms with Crippen molar-refractivity contribution < 1.29 is 9.48 Å². The van der Waals surface area contributed by atoms with Crippen LogP contribution in [0.3, 0.4) is 0 Å². The molecule has 0 saturated heterocycles. The number of nitrogens with zero attached hydrogens (tertiary/aromatic N) is 3. The van der Waals surface area contributed by atoms with Crippen molar-refractivity contribution in [3.05, 3.63) is 72.1 Å². The van der Waals surface area contributed by atoms with Gasteiger partial charge in [0.1, 0.15) is 0 Å². The summed E-state index contributed by atoms with van der Waals surface area (Å²) in [5.41, 5.74) is 3.61. The second kappa shape index (κ2) is 7.11. The normalized spacial score (nSPS) is 13.5. The second-order valence-corrected chi connectivity index (χ2v) is 6.91. The molecule has 1 N–H and O–H groups in total. The van der Waals surface area contributed by atoms with Crippen LogP contribution in [0.2, 0.25) is 0 Å². The quantitative estimate of drug-likeness (QED) is 0.580. The summed E-state index contributed by atoms with van der Waals surface area (Å²) >= 11 is 1.46. The van der Waals surface area contributed by atoms with E-state index in [0.717, 1.165) is 23.8 Å². The lowest BCUT2D eigenvalue weighted by Crippen LogP contribution is -2.38. The van der Waals surface area contributed by atoms with Gasteiger partial charge in [0, 0.05) is 13.1 Å². The third-order valence-corrected chi connectivity index (χ3v) is 5.31. The fraction of sp³-hybridized carbons (Fsp3) is 0.211. The average molecular weight is 351 g/mol. The van der Waals surface area contributed by atoms with Crippen LogP contribution >= 0.6 is 11.8 Å². The van der Waals surface area contributed by atoms with E-state index in [9.17, 15) is 4.79 Å². The first-order valence-corrected chi connectivity index (χ1v) is 9.28. The predicted octanol–water partition coefficient (Wildman–Crippen LogP) is 2.36. The third-order valence-electron chi connectivity index (χ3n) is 4.38. The third kappa shape index (κ3) is 3.44. The van der Waals surface area contributed by atoms with E-state index >= 15 is 0 Å². The molecule has 1 amide bonds. The highest BCUT2D eigenvalue weighted by Crippen LogP contribution is 2.20. The number of thioether (sulfide) groups is 1. The van der Waals surface area contributed by atoms with Crippen molar-refractivity contribution >= 4 is 17.7 Å². The van der Waals surface area contributed by atoms with Crippen LogP contribution in [0.1, 0.15) is 11.1 Å². The van der Waals surface area contributed by atoms with Crippen LogP contribution in [0.15, 0.2) is 66.1 Å². The van der Waals surface area contributed by atoms with Crippen molar-refractivity contribution in [2.45, 2.75) is 18.1 Å². The fourth-order valence-electron chi connectivity index (χ4n) is 3.04. The summed E-state index contributed by atoms with van der Waals surface area (Å²) < 4.78 is 1.89. The van der Waals surface area contributed by atoms with Gasteiger partial charge in [0.15, 0.2) is 5.69 Å². The zero-order valence-corrected chi connectivity index (χ0v) is 14.6. The van der Waals surface area contributed by atoms with E-state index in [1.54, 1.807) is 6.33 Å². The molecule has 3 aromatic rings. The Morgan fingerprint density at radius 3 is 2.72 bits per heavy atom. The molecule has 0 saturated carbocycles. The van der Waals surface area contributed by atoms with Gasteiger partial charge in [0.25, 0.3) is 0 Å². The van der Waals surface area contributed by atoms with Gasteiger partial charge in [-0.25, -0.2) is 0 Å². The first-order valence-electron chi connectivity index (χ1n) is 8.29. The minimum Gasteiger partial charge on any atom is -0.337 e. The molecule has 4 rings (SSSR count). The number of carbonyl (C=O) groups excluding carboxylic acids is 1. The molecule has 0 aliphatic carbocycles.